The van der Waals surface area contributed by atoms with Crippen molar-refractivity contribution in [2.75, 3.05) is 25.1 Å². The van der Waals surface area contributed by atoms with Crippen LogP contribution in [0.1, 0.15) is 5.56 Å². The lowest BCUT2D eigenvalue weighted by Gasteiger charge is -2.06. The molecule has 0 fully saturated rings. The SMILES string of the molecule is N#Cc1cccnc1NCCOCC(N)=O. The zero-order valence-corrected chi connectivity index (χ0v) is 8.64. The number of pyridine rings is 1. The molecule has 1 amide bonds. The van der Waals surface area contributed by atoms with Crippen molar-refractivity contribution in [2.24, 2.45) is 5.73 Å². The van der Waals surface area contributed by atoms with Crippen molar-refractivity contribution < 1.29 is 9.53 Å². The van der Waals surface area contributed by atoms with Crippen LogP contribution in [0.2, 0.25) is 0 Å². The van der Waals surface area contributed by atoms with Gasteiger partial charge in [0.2, 0.25) is 5.91 Å². The van der Waals surface area contributed by atoms with Crippen molar-refractivity contribution in [3.8, 4) is 6.07 Å². The van der Waals surface area contributed by atoms with Crippen molar-refractivity contribution in [3.63, 3.8) is 0 Å². The number of nitrogens with two attached hydrogens (primary N) is 1. The molecule has 0 saturated carbocycles. The number of amides is 1. The number of anilines is 1. The maximum absolute atomic E-state index is 10.4. The quantitative estimate of drug-likeness (QED) is 0.650. The summed E-state index contributed by atoms with van der Waals surface area (Å²) in [6, 6.07) is 5.37. The predicted octanol–water partition coefficient (Wildman–Crippen LogP) is -0.133. The van der Waals surface area contributed by atoms with Gasteiger partial charge in [-0.2, -0.15) is 5.26 Å². The Morgan fingerprint density at radius 2 is 2.50 bits per heavy atom. The van der Waals surface area contributed by atoms with Gasteiger partial charge >= 0.3 is 0 Å². The summed E-state index contributed by atoms with van der Waals surface area (Å²) in [7, 11) is 0. The van der Waals surface area contributed by atoms with E-state index in [1.165, 1.54) is 0 Å². The van der Waals surface area contributed by atoms with Gasteiger partial charge in [-0.05, 0) is 12.1 Å². The normalized spacial score (nSPS) is 9.44. The molecule has 16 heavy (non-hydrogen) atoms. The number of nitrogens with zero attached hydrogens (tertiary/aromatic N) is 2. The molecule has 6 heteroatoms. The molecule has 1 heterocycles. The fourth-order valence-electron chi connectivity index (χ4n) is 1.05. The molecular weight excluding hydrogens is 208 g/mol. The van der Waals surface area contributed by atoms with Crippen LogP contribution in [0.4, 0.5) is 5.82 Å². The fraction of sp³-hybridized carbons (Fsp3) is 0.300. The molecule has 1 rings (SSSR count). The average Bonchev–Trinajstić information content (AvgIpc) is 2.29. The van der Waals surface area contributed by atoms with Crippen LogP contribution in [-0.2, 0) is 9.53 Å². The van der Waals surface area contributed by atoms with Gasteiger partial charge in [-0.25, -0.2) is 4.98 Å². The van der Waals surface area contributed by atoms with Crippen LogP contribution in [0, 0.1) is 11.3 Å². The first kappa shape index (κ1) is 11.9. The van der Waals surface area contributed by atoms with Crippen molar-refractivity contribution >= 4 is 11.7 Å². The third-order valence-electron chi connectivity index (χ3n) is 1.71. The standard InChI is InChI=1S/C10H12N4O2/c11-6-8-2-1-3-13-10(8)14-4-5-16-7-9(12)15/h1-3H,4-5,7H2,(H2,12,15)(H,13,14). The number of ether oxygens (including phenoxy) is 1. The van der Waals surface area contributed by atoms with Crippen molar-refractivity contribution in [2.45, 2.75) is 0 Å². The van der Waals surface area contributed by atoms with Crippen LogP contribution < -0.4 is 11.1 Å². The number of nitriles is 1. The second-order valence-electron chi connectivity index (χ2n) is 2.96. The molecule has 1 aromatic heterocycles. The largest absolute Gasteiger partial charge is 0.370 e. The first-order valence-electron chi connectivity index (χ1n) is 4.69. The number of nitrogens with one attached hydrogen (secondary N) is 1. The third kappa shape index (κ3) is 3.94. The fourth-order valence-corrected chi connectivity index (χ4v) is 1.05. The molecule has 6 nitrogen and oxygen atoms in total. The van der Waals surface area contributed by atoms with E-state index in [0.717, 1.165) is 0 Å². The van der Waals surface area contributed by atoms with Crippen LogP contribution in [0.5, 0.6) is 0 Å². The number of aromatic nitrogens is 1. The van der Waals surface area contributed by atoms with E-state index in [1.807, 2.05) is 6.07 Å². The molecule has 0 aliphatic heterocycles. The zero-order chi connectivity index (χ0) is 11.8. The summed E-state index contributed by atoms with van der Waals surface area (Å²) < 4.78 is 4.94. The summed E-state index contributed by atoms with van der Waals surface area (Å²) >= 11 is 0. The Hall–Kier alpha value is -2.13. The predicted molar refractivity (Wildman–Crippen MR) is 57.5 cm³/mol. The summed E-state index contributed by atoms with van der Waals surface area (Å²) in [5.41, 5.74) is 5.36. The van der Waals surface area contributed by atoms with E-state index in [-0.39, 0.29) is 6.61 Å². The smallest absolute Gasteiger partial charge is 0.243 e. The number of hydrogen-bond acceptors (Lipinski definition) is 5. The minimum atomic E-state index is -0.504. The lowest BCUT2D eigenvalue weighted by atomic mass is 10.3. The van der Waals surface area contributed by atoms with E-state index in [9.17, 15) is 4.79 Å². The van der Waals surface area contributed by atoms with E-state index >= 15 is 0 Å². The molecule has 0 aliphatic rings. The molecule has 0 spiro atoms. The van der Waals surface area contributed by atoms with Crippen LogP contribution in [-0.4, -0.2) is 30.6 Å². The second-order valence-corrected chi connectivity index (χ2v) is 2.96. The van der Waals surface area contributed by atoms with Crippen LogP contribution >= 0.6 is 0 Å². The van der Waals surface area contributed by atoms with Crippen molar-refractivity contribution in [1.82, 2.24) is 4.98 Å². The molecule has 84 valence electrons. The van der Waals surface area contributed by atoms with Gasteiger partial charge in [0.05, 0.1) is 12.2 Å². The van der Waals surface area contributed by atoms with E-state index in [0.29, 0.717) is 24.5 Å². The molecule has 0 saturated heterocycles. The highest BCUT2D eigenvalue weighted by molar-refractivity contribution is 5.74. The Morgan fingerprint density at radius 3 is 3.19 bits per heavy atom. The van der Waals surface area contributed by atoms with Crippen molar-refractivity contribution in [3.05, 3.63) is 23.9 Å². The zero-order valence-electron chi connectivity index (χ0n) is 8.64. The van der Waals surface area contributed by atoms with E-state index < -0.39 is 5.91 Å². The lowest BCUT2D eigenvalue weighted by molar-refractivity contribution is -0.122. The highest BCUT2D eigenvalue weighted by Gasteiger charge is 2.00. The molecule has 3 N–H and O–H groups in total. The Bertz CT molecular complexity index is 400. The summed E-state index contributed by atoms with van der Waals surface area (Å²) in [6.45, 7) is 0.679. The van der Waals surface area contributed by atoms with Gasteiger partial charge in [0.25, 0.3) is 0 Å². The molecule has 0 bridgehead atoms. The molecule has 0 aromatic carbocycles. The van der Waals surface area contributed by atoms with Crippen LogP contribution in [0.3, 0.4) is 0 Å². The number of carbonyl (C=O) groups excluding carboxylic acids is 1. The van der Waals surface area contributed by atoms with E-state index in [1.54, 1.807) is 18.3 Å². The van der Waals surface area contributed by atoms with E-state index in [4.69, 9.17) is 15.7 Å². The maximum Gasteiger partial charge on any atom is 0.243 e. The number of primary amides is 1. The molecule has 0 radical (unpaired) electrons. The van der Waals surface area contributed by atoms with E-state index in [2.05, 4.69) is 10.3 Å². The minimum Gasteiger partial charge on any atom is -0.370 e. The first-order chi connectivity index (χ1) is 7.74. The summed E-state index contributed by atoms with van der Waals surface area (Å²) in [5.74, 6) is 0.00299. The van der Waals surface area contributed by atoms with Crippen LogP contribution in [0.15, 0.2) is 18.3 Å². The summed E-state index contributed by atoms with van der Waals surface area (Å²) in [4.78, 5) is 14.4. The number of rotatable bonds is 6. The highest BCUT2D eigenvalue weighted by atomic mass is 16.5. The van der Waals surface area contributed by atoms with Gasteiger partial charge in [-0.15, -0.1) is 0 Å². The Kier molecular flexibility index (Phi) is 4.76. The average molecular weight is 220 g/mol. The minimum absolute atomic E-state index is 0.102. The molecule has 0 aliphatic carbocycles. The highest BCUT2D eigenvalue weighted by Crippen LogP contribution is 2.08. The number of hydrogen-bond donors (Lipinski definition) is 2. The monoisotopic (exact) mass is 220 g/mol. The molecule has 1 aromatic rings. The Morgan fingerprint density at radius 1 is 1.69 bits per heavy atom. The van der Waals surface area contributed by atoms with Gasteiger partial charge in [0.15, 0.2) is 0 Å². The Labute approximate surface area is 93.0 Å². The second kappa shape index (κ2) is 6.37. The molecule has 0 unspecified atom stereocenters. The van der Waals surface area contributed by atoms with Gasteiger partial charge < -0.3 is 15.8 Å². The topological polar surface area (TPSA) is 101 Å². The molecular formula is C10H12N4O2. The maximum atomic E-state index is 10.4. The number of carbonyl (C=O) groups is 1. The van der Waals surface area contributed by atoms with Crippen molar-refractivity contribution in [1.29, 1.82) is 5.26 Å². The van der Waals surface area contributed by atoms with Gasteiger partial charge in [-0.3, -0.25) is 4.79 Å². The van der Waals surface area contributed by atoms with Gasteiger partial charge in [0.1, 0.15) is 18.5 Å². The summed E-state index contributed by atoms with van der Waals surface area (Å²) in [5, 5.41) is 11.7. The lowest BCUT2D eigenvalue weighted by Crippen LogP contribution is -2.20. The van der Waals surface area contributed by atoms with Crippen LogP contribution in [0.25, 0.3) is 0 Å². The summed E-state index contributed by atoms with van der Waals surface area (Å²) in [6.07, 6.45) is 1.59. The van der Waals surface area contributed by atoms with Gasteiger partial charge in [-0.1, -0.05) is 0 Å². The Balaban J connectivity index is 2.32. The van der Waals surface area contributed by atoms with Gasteiger partial charge in [0, 0.05) is 12.7 Å². The molecule has 0 atom stereocenters. The third-order valence-corrected chi connectivity index (χ3v) is 1.71. The first-order valence-corrected chi connectivity index (χ1v) is 4.69.